The molecule has 2 aliphatic heterocycles. The Morgan fingerprint density at radius 3 is 2.12 bits per heavy atom. The fourth-order valence-corrected chi connectivity index (χ4v) is 5.26. The lowest BCUT2D eigenvalue weighted by molar-refractivity contribution is 0.178. The number of aromatic hydroxyl groups is 1. The van der Waals surface area contributed by atoms with E-state index in [0.29, 0.717) is 38.3 Å². The third-order valence-electron chi connectivity index (χ3n) is 6.53. The molecule has 2 fully saturated rings. The Hall–Kier alpha value is -2.60. The zero-order valence-corrected chi connectivity index (χ0v) is 20.5. The van der Waals surface area contributed by atoms with Gasteiger partial charge < -0.3 is 19.2 Å². The topological polar surface area (TPSA) is 107 Å². The van der Waals surface area contributed by atoms with Crippen molar-refractivity contribution >= 4 is 15.7 Å². The number of piperazine rings is 2. The van der Waals surface area contributed by atoms with Crippen molar-refractivity contribution < 1.29 is 22.7 Å². The zero-order valence-electron chi connectivity index (χ0n) is 19.6. The van der Waals surface area contributed by atoms with Crippen LogP contribution in [0.1, 0.15) is 11.1 Å². The van der Waals surface area contributed by atoms with Gasteiger partial charge in [-0.15, -0.1) is 0 Å². The third-order valence-corrected chi connectivity index (χ3v) is 7.83. The van der Waals surface area contributed by atoms with Crippen LogP contribution in [0.25, 0.3) is 0 Å². The molecule has 2 aromatic rings. The Morgan fingerprint density at radius 2 is 1.53 bits per heavy atom. The molecule has 2 aliphatic rings. The standard InChI is InChI=1S/C23H32N4O6S/c1-32-20-5-3-19(4-6-20)26-11-7-24(8-12-26)15-18-17-33-23(29)21(22(18)28)16-25-9-13-27(14-10-25)34(2,30)31/h3-6,17,28H,7-16H2,1-2H3. The van der Waals surface area contributed by atoms with Gasteiger partial charge in [0.25, 0.3) is 0 Å². The van der Waals surface area contributed by atoms with Crippen LogP contribution in [0.4, 0.5) is 5.69 Å². The summed E-state index contributed by atoms with van der Waals surface area (Å²) < 4.78 is 35.3. The molecular weight excluding hydrogens is 460 g/mol. The number of nitrogens with zero attached hydrogens (tertiary/aromatic N) is 4. The molecule has 0 radical (unpaired) electrons. The van der Waals surface area contributed by atoms with E-state index in [1.54, 1.807) is 7.11 Å². The molecule has 3 heterocycles. The molecule has 4 rings (SSSR count). The lowest BCUT2D eigenvalue weighted by Crippen LogP contribution is -2.48. The molecule has 0 bridgehead atoms. The van der Waals surface area contributed by atoms with E-state index >= 15 is 0 Å². The lowest BCUT2D eigenvalue weighted by atomic mass is 10.1. The van der Waals surface area contributed by atoms with Gasteiger partial charge >= 0.3 is 5.63 Å². The SMILES string of the molecule is COc1ccc(N2CCN(Cc3coc(=O)c(CN4CCN(S(C)(=O)=O)CC4)c3O)CC2)cc1. The Balaban J connectivity index is 1.35. The van der Waals surface area contributed by atoms with Crippen molar-refractivity contribution in [3.05, 3.63) is 52.1 Å². The van der Waals surface area contributed by atoms with Crippen LogP contribution in [0.5, 0.6) is 11.5 Å². The number of ether oxygens (including phenoxy) is 1. The highest BCUT2D eigenvalue weighted by Crippen LogP contribution is 2.25. The molecule has 34 heavy (non-hydrogen) atoms. The summed E-state index contributed by atoms with van der Waals surface area (Å²) in [6, 6.07) is 8.00. The molecule has 2 saturated heterocycles. The molecule has 11 heteroatoms. The normalized spacial score (nSPS) is 18.8. The average Bonchev–Trinajstić information content (AvgIpc) is 2.84. The van der Waals surface area contributed by atoms with Gasteiger partial charge in [-0.05, 0) is 24.3 Å². The minimum absolute atomic E-state index is 0.0284. The maximum Gasteiger partial charge on any atom is 0.343 e. The van der Waals surface area contributed by atoms with Crippen molar-refractivity contribution in [2.75, 3.05) is 70.6 Å². The van der Waals surface area contributed by atoms with Crippen LogP contribution in [0.3, 0.4) is 0 Å². The molecule has 1 N–H and O–H groups in total. The third kappa shape index (κ3) is 5.72. The zero-order chi connectivity index (χ0) is 24.3. The monoisotopic (exact) mass is 492 g/mol. The second-order valence-electron chi connectivity index (χ2n) is 8.77. The molecule has 0 aliphatic carbocycles. The van der Waals surface area contributed by atoms with Crippen molar-refractivity contribution in [2.24, 2.45) is 0 Å². The predicted octanol–water partition coefficient (Wildman–Crippen LogP) is 0.753. The van der Waals surface area contributed by atoms with Crippen LogP contribution >= 0.6 is 0 Å². The van der Waals surface area contributed by atoms with Crippen molar-refractivity contribution in [2.45, 2.75) is 13.1 Å². The largest absolute Gasteiger partial charge is 0.507 e. The van der Waals surface area contributed by atoms with Crippen LogP contribution in [0.2, 0.25) is 0 Å². The van der Waals surface area contributed by atoms with Crippen LogP contribution in [0, 0.1) is 0 Å². The number of sulfonamides is 1. The highest BCUT2D eigenvalue weighted by Gasteiger charge is 2.26. The maximum atomic E-state index is 12.3. The van der Waals surface area contributed by atoms with E-state index < -0.39 is 15.6 Å². The molecule has 186 valence electrons. The van der Waals surface area contributed by atoms with Crippen LogP contribution in [0.15, 0.2) is 39.7 Å². The smallest absolute Gasteiger partial charge is 0.343 e. The Morgan fingerprint density at radius 1 is 0.941 bits per heavy atom. The maximum absolute atomic E-state index is 12.3. The second kappa shape index (κ2) is 10.3. The summed E-state index contributed by atoms with van der Waals surface area (Å²) >= 11 is 0. The Labute approximate surface area is 200 Å². The average molecular weight is 493 g/mol. The minimum atomic E-state index is -3.22. The summed E-state index contributed by atoms with van der Waals surface area (Å²) in [6.45, 7) is 5.74. The van der Waals surface area contributed by atoms with E-state index in [0.717, 1.165) is 37.6 Å². The summed E-state index contributed by atoms with van der Waals surface area (Å²) in [5.74, 6) is 0.802. The van der Waals surface area contributed by atoms with Crippen molar-refractivity contribution in [1.29, 1.82) is 0 Å². The Bertz CT molecular complexity index is 1140. The first-order chi connectivity index (χ1) is 16.2. The van der Waals surface area contributed by atoms with Gasteiger partial charge in [-0.1, -0.05) is 0 Å². The molecule has 0 amide bonds. The highest BCUT2D eigenvalue weighted by atomic mass is 32.2. The first kappa shape index (κ1) is 24.5. The second-order valence-corrected chi connectivity index (χ2v) is 10.8. The van der Waals surface area contributed by atoms with Gasteiger partial charge in [-0.25, -0.2) is 13.2 Å². The molecular formula is C23H32N4O6S. The minimum Gasteiger partial charge on any atom is -0.507 e. The Kier molecular flexibility index (Phi) is 7.46. The molecule has 0 unspecified atom stereocenters. The van der Waals surface area contributed by atoms with Gasteiger partial charge in [0, 0.05) is 76.7 Å². The van der Waals surface area contributed by atoms with E-state index in [9.17, 15) is 18.3 Å². The predicted molar refractivity (Wildman–Crippen MR) is 129 cm³/mol. The van der Waals surface area contributed by atoms with Crippen molar-refractivity contribution in [1.82, 2.24) is 14.1 Å². The highest BCUT2D eigenvalue weighted by molar-refractivity contribution is 7.88. The summed E-state index contributed by atoms with van der Waals surface area (Å²) in [4.78, 5) is 18.8. The van der Waals surface area contributed by atoms with Crippen LogP contribution < -0.4 is 15.3 Å². The van der Waals surface area contributed by atoms with Gasteiger partial charge in [0.2, 0.25) is 10.0 Å². The molecule has 1 aromatic heterocycles. The molecule has 0 saturated carbocycles. The first-order valence-electron chi connectivity index (χ1n) is 11.4. The van der Waals surface area contributed by atoms with Gasteiger partial charge in [-0.2, -0.15) is 4.31 Å². The first-order valence-corrected chi connectivity index (χ1v) is 13.2. The molecule has 0 spiro atoms. The van der Waals surface area contributed by atoms with Gasteiger partial charge in [-0.3, -0.25) is 9.80 Å². The number of rotatable bonds is 7. The van der Waals surface area contributed by atoms with Gasteiger partial charge in [0.15, 0.2) is 0 Å². The van der Waals surface area contributed by atoms with Crippen LogP contribution in [-0.2, 0) is 23.1 Å². The summed E-state index contributed by atoms with van der Waals surface area (Å²) in [5.41, 5.74) is 1.40. The number of hydrogen-bond acceptors (Lipinski definition) is 9. The van der Waals surface area contributed by atoms with Gasteiger partial charge in [0.1, 0.15) is 17.8 Å². The van der Waals surface area contributed by atoms with Crippen molar-refractivity contribution in [3.63, 3.8) is 0 Å². The fourth-order valence-electron chi connectivity index (χ4n) is 4.43. The van der Waals surface area contributed by atoms with Crippen LogP contribution in [-0.4, -0.2) is 93.4 Å². The number of anilines is 1. The number of methoxy groups -OCH3 is 1. The van der Waals surface area contributed by atoms with Crippen molar-refractivity contribution in [3.8, 4) is 11.5 Å². The summed E-state index contributed by atoms with van der Waals surface area (Å²) in [7, 11) is -1.57. The van der Waals surface area contributed by atoms with E-state index in [-0.39, 0.29) is 17.9 Å². The fraction of sp³-hybridized carbons (Fsp3) is 0.522. The molecule has 1 aromatic carbocycles. The van der Waals surface area contributed by atoms with Gasteiger partial charge in [0.05, 0.1) is 18.9 Å². The number of benzene rings is 1. The molecule has 10 nitrogen and oxygen atoms in total. The lowest BCUT2D eigenvalue weighted by Gasteiger charge is -2.36. The number of hydrogen-bond donors (Lipinski definition) is 1. The van der Waals surface area contributed by atoms with E-state index in [1.165, 1.54) is 16.8 Å². The molecule has 0 atom stereocenters. The van der Waals surface area contributed by atoms with E-state index in [2.05, 4.69) is 9.80 Å². The summed E-state index contributed by atoms with van der Waals surface area (Å²) in [5, 5.41) is 10.8. The summed E-state index contributed by atoms with van der Waals surface area (Å²) in [6.07, 6.45) is 2.54. The van der Waals surface area contributed by atoms with E-state index in [1.807, 2.05) is 29.2 Å². The van der Waals surface area contributed by atoms with E-state index in [4.69, 9.17) is 9.15 Å². The quantitative estimate of drug-likeness (QED) is 0.599.